The lowest BCUT2D eigenvalue weighted by Gasteiger charge is -2.23. The van der Waals surface area contributed by atoms with Gasteiger partial charge in [-0.25, -0.2) is 9.67 Å². The molecule has 3 aromatic heterocycles. The van der Waals surface area contributed by atoms with Gasteiger partial charge in [0.2, 0.25) is 0 Å². The number of amides is 1. The van der Waals surface area contributed by atoms with Gasteiger partial charge in [0.15, 0.2) is 5.82 Å². The normalized spacial score (nSPS) is 15.1. The maximum atomic E-state index is 13.1. The fraction of sp³-hybridized carbons (Fsp3) is 0.320. The molecule has 0 bridgehead atoms. The third kappa shape index (κ3) is 5.37. The molecule has 1 aliphatic rings. The Bertz CT molecular complexity index is 1180. The minimum atomic E-state index is -0.188. The van der Waals surface area contributed by atoms with Gasteiger partial charge >= 0.3 is 0 Å². The standard InChI is InChI=1S/C25H29N7O2/c1-17-19(12-18-4-5-22(28-15-18)20(14-26)16-27-2)13-23(31-24(17)32-9-3-8-29-32)25(33)30-21-6-10-34-11-7-21/h3-5,8-9,13-16,21H,6-7,10-12,26H2,1-2H3,(H,30,33). The van der Waals surface area contributed by atoms with Crippen molar-refractivity contribution in [3.05, 3.63) is 77.1 Å². The molecule has 176 valence electrons. The molecule has 1 saturated heterocycles. The second-order valence-corrected chi connectivity index (χ2v) is 8.16. The van der Waals surface area contributed by atoms with Gasteiger partial charge < -0.3 is 15.8 Å². The molecule has 1 aliphatic heterocycles. The molecule has 0 saturated carbocycles. The number of carbonyl (C=O) groups excluding carboxylic acids is 1. The van der Waals surface area contributed by atoms with E-state index in [2.05, 4.69) is 25.4 Å². The van der Waals surface area contributed by atoms with Gasteiger partial charge in [-0.05, 0) is 61.1 Å². The van der Waals surface area contributed by atoms with Gasteiger partial charge in [-0.2, -0.15) is 5.10 Å². The summed E-state index contributed by atoms with van der Waals surface area (Å²) in [7, 11) is 1.69. The van der Waals surface area contributed by atoms with Gasteiger partial charge in [-0.15, -0.1) is 0 Å². The summed E-state index contributed by atoms with van der Waals surface area (Å²) in [4.78, 5) is 26.3. The van der Waals surface area contributed by atoms with Crippen LogP contribution in [-0.2, 0) is 11.2 Å². The highest BCUT2D eigenvalue weighted by Gasteiger charge is 2.20. The van der Waals surface area contributed by atoms with Crippen LogP contribution >= 0.6 is 0 Å². The van der Waals surface area contributed by atoms with Crippen molar-refractivity contribution in [1.29, 1.82) is 0 Å². The smallest absolute Gasteiger partial charge is 0.270 e. The van der Waals surface area contributed by atoms with Gasteiger partial charge in [0.25, 0.3) is 5.91 Å². The molecule has 34 heavy (non-hydrogen) atoms. The zero-order valence-electron chi connectivity index (χ0n) is 19.4. The molecule has 0 aliphatic carbocycles. The summed E-state index contributed by atoms with van der Waals surface area (Å²) in [6, 6.07) is 7.71. The van der Waals surface area contributed by atoms with Crippen molar-refractivity contribution in [2.24, 2.45) is 10.7 Å². The van der Waals surface area contributed by atoms with Gasteiger partial charge in [0.05, 0.1) is 5.69 Å². The number of rotatable bonds is 7. The highest BCUT2D eigenvalue weighted by molar-refractivity contribution is 6.08. The number of hydrogen-bond donors (Lipinski definition) is 2. The van der Waals surface area contributed by atoms with E-state index in [4.69, 9.17) is 10.5 Å². The number of carbonyl (C=O) groups is 1. The van der Waals surface area contributed by atoms with E-state index < -0.39 is 0 Å². The minimum absolute atomic E-state index is 0.0918. The summed E-state index contributed by atoms with van der Waals surface area (Å²) < 4.78 is 7.09. The number of hydrogen-bond acceptors (Lipinski definition) is 7. The molecule has 0 atom stereocenters. The number of nitrogens with one attached hydrogen (secondary N) is 1. The van der Waals surface area contributed by atoms with Crippen LogP contribution in [0.5, 0.6) is 0 Å². The van der Waals surface area contributed by atoms with Crippen LogP contribution in [0.2, 0.25) is 0 Å². The third-order valence-electron chi connectivity index (χ3n) is 5.83. The zero-order chi connectivity index (χ0) is 23.9. The van der Waals surface area contributed by atoms with Crippen molar-refractivity contribution in [1.82, 2.24) is 25.1 Å². The SMILES string of the molecule is CN=CC(=CN)c1ccc(Cc2cc(C(=O)NC3CCOCC3)nc(-n3cccn3)c2C)cn1. The van der Waals surface area contributed by atoms with Gasteiger partial charge in [0.1, 0.15) is 5.69 Å². The highest BCUT2D eigenvalue weighted by Crippen LogP contribution is 2.21. The van der Waals surface area contributed by atoms with Crippen LogP contribution in [0.15, 0.2) is 54.0 Å². The first kappa shape index (κ1) is 23.3. The molecular weight excluding hydrogens is 430 g/mol. The fourth-order valence-corrected chi connectivity index (χ4v) is 3.92. The first-order valence-electron chi connectivity index (χ1n) is 11.3. The van der Waals surface area contributed by atoms with E-state index >= 15 is 0 Å². The number of nitrogens with zero attached hydrogens (tertiary/aromatic N) is 5. The maximum absolute atomic E-state index is 13.1. The van der Waals surface area contributed by atoms with Crippen molar-refractivity contribution in [2.45, 2.75) is 32.2 Å². The van der Waals surface area contributed by atoms with E-state index in [0.29, 0.717) is 31.1 Å². The molecule has 9 heteroatoms. The zero-order valence-corrected chi connectivity index (χ0v) is 19.4. The highest BCUT2D eigenvalue weighted by atomic mass is 16.5. The summed E-state index contributed by atoms with van der Waals surface area (Å²) in [5, 5.41) is 7.44. The Morgan fingerprint density at radius 1 is 1.32 bits per heavy atom. The van der Waals surface area contributed by atoms with Crippen molar-refractivity contribution in [2.75, 3.05) is 20.3 Å². The third-order valence-corrected chi connectivity index (χ3v) is 5.83. The molecular formula is C25H29N7O2. The number of nitrogens with two attached hydrogens (primary N) is 1. The van der Waals surface area contributed by atoms with E-state index in [1.807, 2.05) is 43.6 Å². The second kappa shape index (κ2) is 10.8. The van der Waals surface area contributed by atoms with Crippen molar-refractivity contribution >= 4 is 17.7 Å². The van der Waals surface area contributed by atoms with Crippen LogP contribution in [0.4, 0.5) is 0 Å². The van der Waals surface area contributed by atoms with E-state index in [1.165, 1.54) is 6.20 Å². The molecule has 3 N–H and O–H groups in total. The lowest BCUT2D eigenvalue weighted by atomic mass is 10.0. The molecule has 1 amide bonds. The van der Waals surface area contributed by atoms with Crippen LogP contribution in [-0.4, -0.2) is 58.2 Å². The fourth-order valence-electron chi connectivity index (χ4n) is 3.92. The average molecular weight is 460 g/mol. The Hall–Kier alpha value is -3.85. The summed E-state index contributed by atoms with van der Waals surface area (Å²) in [6.07, 6.45) is 10.7. The number of aromatic nitrogens is 4. The van der Waals surface area contributed by atoms with Crippen molar-refractivity contribution < 1.29 is 9.53 Å². The first-order chi connectivity index (χ1) is 16.6. The Balaban J connectivity index is 1.64. The molecule has 4 heterocycles. The van der Waals surface area contributed by atoms with Crippen molar-refractivity contribution in [3.8, 4) is 5.82 Å². The van der Waals surface area contributed by atoms with Crippen LogP contribution in [0, 0.1) is 6.92 Å². The van der Waals surface area contributed by atoms with E-state index in [9.17, 15) is 4.79 Å². The first-order valence-corrected chi connectivity index (χ1v) is 11.3. The predicted octanol–water partition coefficient (Wildman–Crippen LogP) is 2.47. The molecule has 0 aromatic carbocycles. The van der Waals surface area contributed by atoms with Gasteiger partial charge in [-0.1, -0.05) is 6.07 Å². The summed E-state index contributed by atoms with van der Waals surface area (Å²) >= 11 is 0. The lowest BCUT2D eigenvalue weighted by Crippen LogP contribution is -2.39. The lowest BCUT2D eigenvalue weighted by molar-refractivity contribution is 0.0694. The number of ether oxygens (including phenoxy) is 1. The Kier molecular flexibility index (Phi) is 7.44. The molecule has 9 nitrogen and oxygen atoms in total. The second-order valence-electron chi connectivity index (χ2n) is 8.16. The molecule has 4 rings (SSSR count). The Labute approximate surface area is 198 Å². The van der Waals surface area contributed by atoms with Gasteiger partial charge in [-0.3, -0.25) is 14.8 Å². The monoisotopic (exact) mass is 459 g/mol. The van der Waals surface area contributed by atoms with Crippen LogP contribution < -0.4 is 11.1 Å². The topological polar surface area (TPSA) is 120 Å². The van der Waals surface area contributed by atoms with Crippen LogP contribution in [0.3, 0.4) is 0 Å². The maximum Gasteiger partial charge on any atom is 0.270 e. The van der Waals surface area contributed by atoms with Crippen molar-refractivity contribution in [3.63, 3.8) is 0 Å². The molecule has 0 spiro atoms. The van der Waals surface area contributed by atoms with E-state index in [0.717, 1.165) is 40.8 Å². The largest absolute Gasteiger partial charge is 0.404 e. The summed E-state index contributed by atoms with van der Waals surface area (Å²) in [6.45, 7) is 3.31. The molecule has 0 unspecified atom stereocenters. The Morgan fingerprint density at radius 3 is 2.79 bits per heavy atom. The quantitative estimate of drug-likeness (QED) is 0.524. The minimum Gasteiger partial charge on any atom is -0.404 e. The van der Waals surface area contributed by atoms with Gasteiger partial charge in [0, 0.05) is 62.9 Å². The summed E-state index contributed by atoms with van der Waals surface area (Å²) in [5.74, 6) is 0.448. The molecule has 1 fully saturated rings. The number of allylic oxidation sites excluding steroid dienone is 1. The van der Waals surface area contributed by atoms with E-state index in [1.54, 1.807) is 24.1 Å². The van der Waals surface area contributed by atoms with E-state index in [-0.39, 0.29) is 11.9 Å². The van der Waals surface area contributed by atoms with Crippen LogP contribution in [0.1, 0.15) is 45.7 Å². The molecule has 3 aromatic rings. The molecule has 0 radical (unpaired) electrons. The Morgan fingerprint density at radius 2 is 2.15 bits per heavy atom. The summed E-state index contributed by atoms with van der Waals surface area (Å²) in [5.41, 5.74) is 10.5. The number of pyridine rings is 2. The predicted molar refractivity (Wildman–Crippen MR) is 131 cm³/mol. The van der Waals surface area contributed by atoms with Crippen LogP contribution in [0.25, 0.3) is 11.4 Å². The number of aliphatic imine (C=N–C) groups is 1. The average Bonchev–Trinajstić information content (AvgIpc) is 3.40.